The molecule has 2 atom stereocenters. The minimum atomic E-state index is 0.461. The molecule has 3 nitrogen and oxygen atoms in total. The zero-order valence-corrected chi connectivity index (χ0v) is 12.9. The van der Waals surface area contributed by atoms with Crippen molar-refractivity contribution >= 4 is 0 Å². The lowest BCUT2D eigenvalue weighted by atomic mass is 10.1. The molecule has 3 heteroatoms. The van der Waals surface area contributed by atoms with Crippen LogP contribution in [0, 0.1) is 13.8 Å². The molecule has 0 aromatic carbocycles. The first-order chi connectivity index (χ1) is 8.51. The predicted molar refractivity (Wildman–Crippen MR) is 78.2 cm³/mol. The molecular formula is C15H29N3. The maximum Gasteiger partial charge on any atom is 0.0628 e. The Balaban J connectivity index is 2.69. The van der Waals surface area contributed by atoms with Crippen molar-refractivity contribution < 1.29 is 0 Å². The lowest BCUT2D eigenvalue weighted by Gasteiger charge is -2.20. The molecule has 0 aliphatic rings. The summed E-state index contributed by atoms with van der Waals surface area (Å²) in [5.41, 5.74) is 3.94. The van der Waals surface area contributed by atoms with E-state index < -0.39 is 0 Å². The molecule has 0 saturated heterocycles. The van der Waals surface area contributed by atoms with E-state index in [2.05, 4.69) is 51.5 Å². The van der Waals surface area contributed by atoms with Crippen molar-refractivity contribution in [3.63, 3.8) is 0 Å². The van der Waals surface area contributed by atoms with Gasteiger partial charge >= 0.3 is 0 Å². The Morgan fingerprint density at radius 2 is 1.89 bits per heavy atom. The van der Waals surface area contributed by atoms with Gasteiger partial charge in [-0.2, -0.15) is 5.10 Å². The van der Waals surface area contributed by atoms with Gasteiger partial charge in [0, 0.05) is 11.7 Å². The van der Waals surface area contributed by atoms with Crippen molar-refractivity contribution in [2.75, 3.05) is 6.54 Å². The summed E-state index contributed by atoms with van der Waals surface area (Å²) in [5.74, 6) is 0. The van der Waals surface area contributed by atoms with Crippen LogP contribution in [0.15, 0.2) is 0 Å². The smallest absolute Gasteiger partial charge is 0.0628 e. The molecule has 18 heavy (non-hydrogen) atoms. The van der Waals surface area contributed by atoms with Gasteiger partial charge in [0.05, 0.1) is 11.7 Å². The quantitative estimate of drug-likeness (QED) is 0.805. The van der Waals surface area contributed by atoms with Crippen LogP contribution < -0.4 is 5.32 Å². The molecule has 0 saturated carbocycles. The largest absolute Gasteiger partial charge is 0.314 e. The lowest BCUT2D eigenvalue weighted by molar-refractivity contribution is 0.383. The van der Waals surface area contributed by atoms with Crippen LogP contribution in [-0.4, -0.2) is 22.4 Å². The van der Waals surface area contributed by atoms with Gasteiger partial charge in [0.25, 0.3) is 0 Å². The highest BCUT2D eigenvalue weighted by Crippen LogP contribution is 2.20. The fraction of sp³-hybridized carbons (Fsp3) is 0.800. The molecule has 0 aliphatic carbocycles. The van der Waals surface area contributed by atoms with Crippen LogP contribution in [0.4, 0.5) is 0 Å². The van der Waals surface area contributed by atoms with Crippen LogP contribution in [0.3, 0.4) is 0 Å². The zero-order chi connectivity index (χ0) is 13.7. The van der Waals surface area contributed by atoms with Gasteiger partial charge in [-0.3, -0.25) is 4.68 Å². The summed E-state index contributed by atoms with van der Waals surface area (Å²) in [5, 5.41) is 8.25. The van der Waals surface area contributed by atoms with Gasteiger partial charge < -0.3 is 5.32 Å². The van der Waals surface area contributed by atoms with Gasteiger partial charge in [0.2, 0.25) is 0 Å². The van der Waals surface area contributed by atoms with Gasteiger partial charge in [-0.1, -0.05) is 13.8 Å². The van der Waals surface area contributed by atoms with Crippen molar-refractivity contribution in [1.82, 2.24) is 15.1 Å². The third-order valence-electron chi connectivity index (χ3n) is 3.68. The van der Waals surface area contributed by atoms with E-state index in [1.807, 2.05) is 0 Å². The van der Waals surface area contributed by atoms with Crippen molar-refractivity contribution in [3.05, 3.63) is 17.0 Å². The third-order valence-corrected chi connectivity index (χ3v) is 3.68. The maximum atomic E-state index is 4.70. The van der Waals surface area contributed by atoms with E-state index in [9.17, 15) is 0 Å². The van der Waals surface area contributed by atoms with Gasteiger partial charge in [0.15, 0.2) is 0 Å². The van der Waals surface area contributed by atoms with Crippen LogP contribution >= 0.6 is 0 Å². The van der Waals surface area contributed by atoms with E-state index >= 15 is 0 Å². The molecule has 0 amide bonds. The van der Waals surface area contributed by atoms with Crippen molar-refractivity contribution in [1.29, 1.82) is 0 Å². The fourth-order valence-corrected chi connectivity index (χ4v) is 2.72. The van der Waals surface area contributed by atoms with Crippen LogP contribution in [0.2, 0.25) is 0 Å². The van der Waals surface area contributed by atoms with Crippen molar-refractivity contribution in [2.24, 2.45) is 0 Å². The van der Waals surface area contributed by atoms with Crippen LogP contribution in [0.25, 0.3) is 0 Å². The number of aryl methyl sites for hydroxylation is 1. The average Bonchev–Trinajstić information content (AvgIpc) is 2.61. The van der Waals surface area contributed by atoms with E-state index in [1.54, 1.807) is 0 Å². The molecule has 1 heterocycles. The maximum absolute atomic E-state index is 4.70. The minimum absolute atomic E-state index is 0.461. The first kappa shape index (κ1) is 15.2. The molecular weight excluding hydrogens is 222 g/mol. The molecule has 0 radical (unpaired) electrons. The second kappa shape index (κ2) is 6.93. The van der Waals surface area contributed by atoms with E-state index in [4.69, 9.17) is 5.10 Å². The summed E-state index contributed by atoms with van der Waals surface area (Å²) in [6.07, 6.45) is 3.40. The Hall–Kier alpha value is -0.830. The zero-order valence-electron chi connectivity index (χ0n) is 12.9. The highest BCUT2D eigenvalue weighted by molar-refractivity contribution is 5.24. The molecule has 104 valence electrons. The van der Waals surface area contributed by atoms with Crippen LogP contribution in [0.5, 0.6) is 0 Å². The number of nitrogens with zero attached hydrogens (tertiary/aromatic N) is 2. The molecule has 1 N–H and O–H groups in total. The summed E-state index contributed by atoms with van der Waals surface area (Å²) in [6, 6.07) is 1.01. The highest BCUT2D eigenvalue weighted by Gasteiger charge is 2.16. The van der Waals surface area contributed by atoms with E-state index in [0.717, 1.165) is 19.4 Å². The molecule has 1 rings (SSSR count). The predicted octanol–water partition coefficient (Wildman–Crippen LogP) is 3.40. The van der Waals surface area contributed by atoms with E-state index in [1.165, 1.54) is 23.4 Å². The number of hydrogen-bond donors (Lipinski definition) is 1. The Morgan fingerprint density at radius 1 is 1.22 bits per heavy atom. The Morgan fingerprint density at radius 3 is 2.39 bits per heavy atom. The summed E-state index contributed by atoms with van der Waals surface area (Å²) < 4.78 is 2.21. The Bertz CT molecular complexity index is 368. The van der Waals surface area contributed by atoms with Gasteiger partial charge in [-0.15, -0.1) is 0 Å². The second-order valence-electron chi connectivity index (χ2n) is 5.39. The standard InChI is InChI=1S/C15H29N3/c1-7-9-16-11(3)10-12(4)18-14(6)15(8-2)13(5)17-18/h11-12,16H,7-10H2,1-6H3. The topological polar surface area (TPSA) is 29.9 Å². The van der Waals surface area contributed by atoms with Gasteiger partial charge in [0.1, 0.15) is 0 Å². The highest BCUT2D eigenvalue weighted by atomic mass is 15.3. The van der Waals surface area contributed by atoms with Crippen molar-refractivity contribution in [2.45, 2.75) is 72.9 Å². The molecule has 0 fully saturated rings. The molecule has 1 aromatic rings. The number of aromatic nitrogens is 2. The molecule has 2 unspecified atom stereocenters. The SMILES string of the molecule is CCCNC(C)CC(C)n1nc(C)c(CC)c1C. The van der Waals surface area contributed by atoms with E-state index in [0.29, 0.717) is 12.1 Å². The van der Waals surface area contributed by atoms with Gasteiger partial charge in [-0.25, -0.2) is 0 Å². The Kier molecular flexibility index (Phi) is 5.86. The normalized spacial score (nSPS) is 14.8. The van der Waals surface area contributed by atoms with Crippen LogP contribution in [-0.2, 0) is 6.42 Å². The molecule has 0 aliphatic heterocycles. The molecule has 1 aromatic heterocycles. The lowest BCUT2D eigenvalue weighted by Crippen LogP contribution is -2.29. The summed E-state index contributed by atoms with van der Waals surface area (Å²) in [4.78, 5) is 0. The Labute approximate surface area is 112 Å². The molecule has 0 spiro atoms. The molecule has 0 bridgehead atoms. The monoisotopic (exact) mass is 251 g/mol. The average molecular weight is 251 g/mol. The number of rotatable bonds is 7. The van der Waals surface area contributed by atoms with Crippen LogP contribution in [0.1, 0.15) is 63.5 Å². The number of nitrogens with one attached hydrogen (secondary N) is 1. The second-order valence-corrected chi connectivity index (χ2v) is 5.39. The van der Waals surface area contributed by atoms with E-state index in [-0.39, 0.29) is 0 Å². The minimum Gasteiger partial charge on any atom is -0.314 e. The summed E-state index contributed by atoms with van der Waals surface area (Å²) in [7, 11) is 0. The van der Waals surface area contributed by atoms with Crippen molar-refractivity contribution in [3.8, 4) is 0 Å². The third kappa shape index (κ3) is 3.58. The summed E-state index contributed by atoms with van der Waals surface area (Å²) in [6.45, 7) is 14.4. The first-order valence-electron chi connectivity index (χ1n) is 7.29. The number of hydrogen-bond acceptors (Lipinski definition) is 2. The fourth-order valence-electron chi connectivity index (χ4n) is 2.72. The van der Waals surface area contributed by atoms with Gasteiger partial charge in [-0.05, 0) is 59.1 Å². The first-order valence-corrected chi connectivity index (χ1v) is 7.29. The summed E-state index contributed by atoms with van der Waals surface area (Å²) >= 11 is 0.